The van der Waals surface area contributed by atoms with Gasteiger partial charge in [0.2, 0.25) is 0 Å². The van der Waals surface area contributed by atoms with Crippen LogP contribution in [0.4, 0.5) is 57.0 Å². The van der Waals surface area contributed by atoms with E-state index in [2.05, 4.69) is 96.4 Å². The van der Waals surface area contributed by atoms with Gasteiger partial charge in [-0.05, 0) is 86.5 Å². The summed E-state index contributed by atoms with van der Waals surface area (Å²) in [7, 11) is 0. The standard InChI is InChI=1S/C19H17F3N8.C18H19F3N6O.C18H17F3N6O.H4N2.H2O/c20-19(21,22)15-11-30-14(8-25-17(30)9-24-15)18-23-3-1-16(28-18)29-4-2-12(10-29)5-13-6-26-27-7-13;2*19-18(20,21)14-11-27-13(8-24-16(27)9-23-14)17-22-5-3-15(25-17)26-6-4-12(10-26)2-1-7-28;1-2;/h1,3,6-9,11-12H,2,4-5,10H2,(H,26,27);3,5,8-9,11-12,28H,1-2,4,6-7,10H2;3,5,7-9,11-12H,1-2,4,6,10H2;1-2H2;1H2. The lowest BCUT2D eigenvalue weighted by molar-refractivity contribution is -0.142. The Morgan fingerprint density at radius 2 is 0.910 bits per heavy atom. The molecule has 3 unspecified atom stereocenters. The van der Waals surface area contributed by atoms with Gasteiger partial charge in [0.1, 0.15) is 40.8 Å². The van der Waals surface area contributed by atoms with Crippen LogP contribution >= 0.6 is 0 Å². The van der Waals surface area contributed by atoms with Gasteiger partial charge in [0.15, 0.2) is 51.5 Å². The molecule has 0 saturated carbocycles. The maximum Gasteiger partial charge on any atom is 0.434 e. The molecule has 3 saturated heterocycles. The van der Waals surface area contributed by atoms with E-state index in [9.17, 15) is 44.3 Å². The van der Waals surface area contributed by atoms with E-state index < -0.39 is 35.6 Å². The quantitative estimate of drug-likeness (QED) is 0.0376. The Balaban J connectivity index is 0.000000156. The Labute approximate surface area is 499 Å². The van der Waals surface area contributed by atoms with E-state index in [-0.39, 0.29) is 17.7 Å². The average Bonchev–Trinajstić information content (AvgIpc) is 2.16. The summed E-state index contributed by atoms with van der Waals surface area (Å²) in [6, 6.07) is 5.39. The molecule has 10 aromatic rings. The van der Waals surface area contributed by atoms with Gasteiger partial charge in [-0.25, -0.2) is 59.8 Å². The van der Waals surface area contributed by atoms with Crippen LogP contribution in [0.3, 0.4) is 0 Å². The van der Waals surface area contributed by atoms with Gasteiger partial charge in [-0.2, -0.15) is 44.6 Å². The number of hydrogen-bond acceptors (Lipinski definition) is 20. The van der Waals surface area contributed by atoms with Crippen LogP contribution < -0.4 is 26.4 Å². The van der Waals surface area contributed by atoms with E-state index in [1.807, 2.05) is 18.5 Å². The van der Waals surface area contributed by atoms with Crippen molar-refractivity contribution in [1.29, 1.82) is 0 Å². The first-order chi connectivity index (χ1) is 42.4. The van der Waals surface area contributed by atoms with Gasteiger partial charge in [-0.3, -0.25) is 30.0 Å². The number of aliphatic hydroxyl groups excluding tert-OH is 1. The molecular weight excluding hydrogens is 1190 g/mol. The Kier molecular flexibility index (Phi) is 20.0. The molecule has 3 fully saturated rings. The molecule has 8 N–H and O–H groups in total. The fourth-order valence-electron chi connectivity index (χ4n) is 10.7. The summed E-state index contributed by atoms with van der Waals surface area (Å²) in [5.41, 5.74) is 0.172. The first-order valence-electron chi connectivity index (χ1n) is 27.7. The molecule has 13 rings (SSSR count). The number of H-pyrrole nitrogens is 1. The number of nitrogens with two attached hydrogens (primary N) is 2. The third-order valence-corrected chi connectivity index (χ3v) is 15.0. The van der Waals surface area contributed by atoms with E-state index in [1.165, 1.54) is 37.4 Å². The normalized spacial score (nSPS) is 16.9. The molecule has 10 aromatic heterocycles. The molecule has 89 heavy (non-hydrogen) atoms. The fraction of sp³-hybridized carbons (Fsp3) is 0.382. The molecule has 0 aliphatic carbocycles. The molecule has 25 nitrogen and oxygen atoms in total. The van der Waals surface area contributed by atoms with Crippen LogP contribution in [0.1, 0.15) is 67.6 Å². The van der Waals surface area contributed by atoms with Gasteiger partial charge in [0.25, 0.3) is 0 Å². The largest absolute Gasteiger partial charge is 0.434 e. The molecule has 3 aliphatic rings. The molecule has 0 spiro atoms. The van der Waals surface area contributed by atoms with E-state index in [0.717, 1.165) is 139 Å². The van der Waals surface area contributed by atoms with Crippen molar-refractivity contribution in [3.8, 4) is 34.6 Å². The summed E-state index contributed by atoms with van der Waals surface area (Å²) in [5, 5.41) is 15.8. The van der Waals surface area contributed by atoms with Crippen LogP contribution in [0, 0.1) is 17.8 Å². The maximum absolute atomic E-state index is 13.1. The van der Waals surface area contributed by atoms with Crippen LogP contribution in [0.2, 0.25) is 0 Å². The highest BCUT2D eigenvalue weighted by Crippen LogP contribution is 2.34. The molecule has 470 valence electrons. The van der Waals surface area contributed by atoms with Crippen LogP contribution in [0.25, 0.3) is 51.5 Å². The van der Waals surface area contributed by atoms with Crippen LogP contribution in [-0.4, -0.2) is 146 Å². The second kappa shape index (κ2) is 27.7. The lowest BCUT2D eigenvalue weighted by atomic mass is 10.0. The third kappa shape index (κ3) is 15.1. The number of carbonyl (C=O) groups excluding carboxylic acids is 1. The van der Waals surface area contributed by atoms with E-state index >= 15 is 0 Å². The lowest BCUT2D eigenvalue weighted by Gasteiger charge is -2.18. The number of alkyl halides is 9. The summed E-state index contributed by atoms with van der Waals surface area (Å²) in [5.74, 6) is 12.5. The predicted octanol–water partition coefficient (Wildman–Crippen LogP) is 6.81. The number of aldehydes is 1. The molecule has 0 radical (unpaired) electrons. The number of nitrogens with one attached hydrogen (secondary N) is 1. The molecule has 0 bridgehead atoms. The SMILES string of the molecule is FC(F)(F)c1cn2c(-c3nccc(N4CCC(Cc5cn[nH]c5)C4)n3)cnc2cn1.NN.O.O=CCCC1CCN(c2ccnc(-c3cnc4cnc(C(F)(F)F)cn34)n2)C1.OCCCC1CCN(c2ccnc(-c3cnc4cnc(C(F)(F)F)cn34)n2)C1. The monoisotopic (exact) mass is 1250 g/mol. The van der Waals surface area contributed by atoms with Crippen molar-refractivity contribution >= 4 is 40.7 Å². The summed E-state index contributed by atoms with van der Waals surface area (Å²) >= 11 is 0. The number of carbonyl (C=O) groups is 1. The molecular formula is C55H59F9N22O3. The van der Waals surface area contributed by atoms with Crippen LogP contribution in [0.15, 0.2) is 105 Å². The topological polar surface area (TPSA) is 327 Å². The minimum Gasteiger partial charge on any atom is -0.412 e. The molecule has 0 aromatic carbocycles. The van der Waals surface area contributed by atoms with Crippen LogP contribution in [-0.2, 0) is 29.7 Å². The number of fused-ring (bicyclic) bond motifs is 3. The Morgan fingerprint density at radius 1 is 0.528 bits per heavy atom. The number of nitrogens with zero attached hydrogens (tertiary/aromatic N) is 19. The number of anilines is 3. The summed E-state index contributed by atoms with van der Waals surface area (Å²) in [6.07, 6.45) is 13.3. The number of aliphatic hydroxyl groups is 1. The number of hydrazine groups is 1. The molecule has 13 heterocycles. The summed E-state index contributed by atoms with van der Waals surface area (Å²) < 4.78 is 121. The Morgan fingerprint density at radius 3 is 1.27 bits per heavy atom. The van der Waals surface area contributed by atoms with Crippen LogP contribution in [0.5, 0.6) is 0 Å². The second-order valence-electron chi connectivity index (χ2n) is 20.9. The van der Waals surface area contributed by atoms with Crippen molar-refractivity contribution in [2.24, 2.45) is 29.4 Å². The van der Waals surface area contributed by atoms with Crippen molar-refractivity contribution < 1.29 is 54.9 Å². The summed E-state index contributed by atoms with van der Waals surface area (Å²) in [6.45, 7) is 5.19. The number of imidazole rings is 3. The minimum absolute atomic E-state index is 0. The molecule has 3 atom stereocenters. The fourth-order valence-corrected chi connectivity index (χ4v) is 10.7. The highest BCUT2D eigenvalue weighted by molar-refractivity contribution is 5.61. The zero-order valence-corrected chi connectivity index (χ0v) is 47.1. The zero-order chi connectivity index (χ0) is 62.2. The molecule has 34 heteroatoms. The predicted molar refractivity (Wildman–Crippen MR) is 304 cm³/mol. The number of hydrogen-bond donors (Lipinski definition) is 4. The average molecular weight is 1250 g/mol. The van der Waals surface area contributed by atoms with Gasteiger partial charge in [0.05, 0.1) is 43.4 Å². The summed E-state index contributed by atoms with van der Waals surface area (Å²) in [4.78, 5) is 66.0. The first kappa shape index (κ1) is 64.1. The Bertz CT molecular complexity index is 3950. The van der Waals surface area contributed by atoms with Crippen molar-refractivity contribution in [2.75, 3.05) is 60.6 Å². The number of aromatic nitrogens is 17. The van der Waals surface area contributed by atoms with Gasteiger partial charge in [0, 0.05) is 95.7 Å². The van der Waals surface area contributed by atoms with Gasteiger partial charge < -0.3 is 30.1 Å². The van der Waals surface area contributed by atoms with Crippen molar-refractivity contribution in [1.82, 2.24) is 83.2 Å². The second-order valence-corrected chi connectivity index (χ2v) is 20.9. The van der Waals surface area contributed by atoms with Gasteiger partial charge in [-0.1, -0.05) is 0 Å². The van der Waals surface area contributed by atoms with Crippen molar-refractivity contribution in [3.63, 3.8) is 0 Å². The van der Waals surface area contributed by atoms with Crippen molar-refractivity contribution in [3.05, 3.63) is 128 Å². The smallest absolute Gasteiger partial charge is 0.412 e. The van der Waals surface area contributed by atoms with Gasteiger partial charge in [-0.15, -0.1) is 0 Å². The van der Waals surface area contributed by atoms with E-state index in [0.29, 0.717) is 75.8 Å². The highest BCUT2D eigenvalue weighted by Gasteiger charge is 2.36. The minimum atomic E-state index is -4.55. The highest BCUT2D eigenvalue weighted by atomic mass is 19.4. The number of aromatic amines is 1. The van der Waals surface area contributed by atoms with Crippen molar-refractivity contribution in [2.45, 2.75) is 69.9 Å². The zero-order valence-electron chi connectivity index (χ0n) is 47.1. The number of halogens is 9. The Hall–Kier alpha value is -9.41. The van der Waals surface area contributed by atoms with E-state index in [1.54, 1.807) is 30.7 Å². The molecule has 0 amide bonds. The number of rotatable bonds is 14. The molecule has 3 aliphatic heterocycles. The maximum atomic E-state index is 13.1. The van der Waals surface area contributed by atoms with E-state index in [4.69, 9.17) is 5.11 Å². The lowest BCUT2D eigenvalue weighted by Crippen LogP contribution is -2.21. The third-order valence-electron chi connectivity index (χ3n) is 15.0. The van der Waals surface area contributed by atoms with Gasteiger partial charge >= 0.3 is 18.5 Å². The first-order valence-corrected chi connectivity index (χ1v) is 27.7.